The number of aryl methyl sites for hydroxylation is 1. The Balaban J connectivity index is 0.00000176. The standard InChI is InChI=1S/C49H62N10O6S.2C2H6/c1-30(2)45(49(62)59-28-37(60)22-41(59)48(61)52-31(3)34-10-12-35(13-11-34)46-32(4)51-29-66-46)43-24-44(55-65-43)64-21-20-56-16-14-33(15-17-56)26-57-18-19-58-36(27-57)25-50-47-40(58)23-39(53-54-47)38-8-6-7-9-42(38)63-5;2*1-2/h6-13,23-24,29-31,33,36-37,41,45,60H,14-22,25-28H2,1-5H3,(H,50,54)(H,52,61);2*1-2H3. The van der Waals surface area contributed by atoms with Crippen LogP contribution in [0.15, 0.2) is 70.7 Å². The van der Waals surface area contributed by atoms with E-state index in [-0.39, 0.29) is 36.7 Å². The molecule has 378 valence electrons. The van der Waals surface area contributed by atoms with Gasteiger partial charge < -0.3 is 39.5 Å². The van der Waals surface area contributed by atoms with Gasteiger partial charge in [-0.3, -0.25) is 19.4 Å². The van der Waals surface area contributed by atoms with Gasteiger partial charge in [0.1, 0.15) is 24.3 Å². The zero-order valence-corrected chi connectivity index (χ0v) is 43.4. The smallest absolute Gasteiger partial charge is 0.254 e. The molecule has 2 aromatic carbocycles. The number of aromatic nitrogens is 4. The van der Waals surface area contributed by atoms with Gasteiger partial charge in [0.15, 0.2) is 11.6 Å². The minimum Gasteiger partial charge on any atom is -0.496 e. The molecule has 0 radical (unpaired) electrons. The first-order valence-electron chi connectivity index (χ1n) is 25.4. The Kier molecular flexibility index (Phi) is 18.3. The number of thiazole rings is 1. The molecule has 0 bridgehead atoms. The number of hydrogen-bond acceptors (Lipinski definition) is 15. The second kappa shape index (κ2) is 24.5. The summed E-state index contributed by atoms with van der Waals surface area (Å²) in [6, 6.07) is 19.1. The van der Waals surface area contributed by atoms with Crippen LogP contribution in [0.3, 0.4) is 0 Å². The van der Waals surface area contributed by atoms with Gasteiger partial charge in [0.25, 0.3) is 5.88 Å². The first kappa shape index (κ1) is 52.2. The topological polar surface area (TPSA) is 175 Å². The number of carbonyl (C=O) groups excluding carboxylic acids is 2. The van der Waals surface area contributed by atoms with Gasteiger partial charge in [-0.25, -0.2) is 4.98 Å². The van der Waals surface area contributed by atoms with Crippen molar-refractivity contribution in [2.45, 2.75) is 105 Å². The van der Waals surface area contributed by atoms with Gasteiger partial charge in [0.2, 0.25) is 11.8 Å². The van der Waals surface area contributed by atoms with E-state index in [2.05, 4.69) is 51.7 Å². The van der Waals surface area contributed by atoms with Gasteiger partial charge in [-0.15, -0.1) is 21.5 Å². The normalized spacial score (nSPS) is 20.2. The average molecular weight is 979 g/mol. The lowest BCUT2D eigenvalue weighted by molar-refractivity contribution is -0.141. The molecule has 4 aliphatic rings. The molecule has 16 nitrogen and oxygen atoms in total. The number of piperazine rings is 1. The summed E-state index contributed by atoms with van der Waals surface area (Å²) >= 11 is 1.60. The van der Waals surface area contributed by atoms with Gasteiger partial charge in [-0.2, -0.15) is 0 Å². The Labute approximate surface area is 418 Å². The van der Waals surface area contributed by atoms with Crippen LogP contribution in [-0.2, 0) is 9.59 Å². The number of aliphatic hydroxyl groups excluding tert-OH is 1. The molecule has 0 saturated carbocycles. The van der Waals surface area contributed by atoms with Gasteiger partial charge in [0, 0.05) is 63.9 Å². The molecular formula is C53H74N10O6S. The summed E-state index contributed by atoms with van der Waals surface area (Å²) in [5, 5.41) is 30.6. The van der Waals surface area contributed by atoms with Crippen molar-refractivity contribution in [1.82, 2.24) is 40.4 Å². The number of para-hydroxylation sites is 1. The number of ether oxygens (including phenoxy) is 2. The molecule has 0 aliphatic carbocycles. The van der Waals surface area contributed by atoms with E-state index < -0.39 is 18.1 Å². The van der Waals surface area contributed by atoms with Crippen LogP contribution in [0.4, 0.5) is 11.5 Å². The molecule has 17 heteroatoms. The third-order valence-corrected chi connectivity index (χ3v) is 14.8. The molecule has 7 heterocycles. The summed E-state index contributed by atoms with van der Waals surface area (Å²) in [4.78, 5) is 42.5. The fourth-order valence-corrected chi connectivity index (χ4v) is 11.0. The lowest BCUT2D eigenvalue weighted by Crippen LogP contribution is -2.58. The van der Waals surface area contributed by atoms with Crippen LogP contribution in [0, 0.1) is 18.8 Å². The molecule has 2 amide bonds. The number of anilines is 2. The highest BCUT2D eigenvalue weighted by Crippen LogP contribution is 2.37. The number of aliphatic hydroxyl groups is 1. The quantitative estimate of drug-likeness (QED) is 0.0923. The number of carbonyl (C=O) groups is 2. The van der Waals surface area contributed by atoms with E-state index in [0.717, 1.165) is 115 Å². The Morgan fingerprint density at radius 2 is 1.71 bits per heavy atom. The zero-order valence-electron chi connectivity index (χ0n) is 42.6. The van der Waals surface area contributed by atoms with Crippen molar-refractivity contribution >= 4 is 34.7 Å². The molecule has 3 N–H and O–H groups in total. The van der Waals surface area contributed by atoms with E-state index in [0.29, 0.717) is 30.2 Å². The predicted octanol–water partition coefficient (Wildman–Crippen LogP) is 7.91. The number of nitrogens with zero attached hydrogens (tertiary/aromatic N) is 8. The van der Waals surface area contributed by atoms with Crippen LogP contribution < -0.4 is 25.0 Å². The molecule has 70 heavy (non-hydrogen) atoms. The summed E-state index contributed by atoms with van der Waals surface area (Å²) in [6.45, 7) is 24.0. The Hall–Kier alpha value is -5.62. The summed E-state index contributed by atoms with van der Waals surface area (Å²) in [5.41, 5.74) is 7.70. The number of piperidine rings is 1. The van der Waals surface area contributed by atoms with Crippen LogP contribution in [0.1, 0.15) is 96.7 Å². The van der Waals surface area contributed by atoms with Crippen LogP contribution in [-0.4, -0.2) is 143 Å². The second-order valence-corrected chi connectivity index (χ2v) is 19.4. The maximum absolute atomic E-state index is 14.2. The SMILES string of the molecule is CC.CC.COc1ccccc1-c1cc2c(nn1)NCC1CN(CC3CCN(CCOc4cc(C(C(=O)N5CC(O)CC5C(=O)NC(C)c5ccc(-c6scnc6C)cc5)C(C)C)on4)CC3)CCN21. The van der Waals surface area contributed by atoms with Crippen LogP contribution >= 0.6 is 11.3 Å². The highest BCUT2D eigenvalue weighted by Gasteiger charge is 2.44. The molecule has 4 aliphatic heterocycles. The first-order chi connectivity index (χ1) is 34.0. The lowest BCUT2D eigenvalue weighted by Gasteiger charge is -2.47. The van der Waals surface area contributed by atoms with Gasteiger partial charge >= 0.3 is 0 Å². The van der Waals surface area contributed by atoms with E-state index in [9.17, 15) is 14.7 Å². The number of nitrogens with one attached hydrogen (secondary N) is 2. The van der Waals surface area contributed by atoms with Gasteiger partial charge in [-0.1, -0.05) is 77.9 Å². The molecule has 3 fully saturated rings. The second-order valence-electron chi connectivity index (χ2n) is 18.6. The summed E-state index contributed by atoms with van der Waals surface area (Å²) in [5.74, 6) is 1.56. The molecule has 3 aromatic heterocycles. The molecule has 5 aromatic rings. The van der Waals surface area contributed by atoms with Crippen LogP contribution in [0.25, 0.3) is 21.7 Å². The number of likely N-dealkylation sites (tertiary alicyclic amines) is 2. The lowest BCUT2D eigenvalue weighted by atomic mass is 9.91. The van der Waals surface area contributed by atoms with Crippen molar-refractivity contribution in [3.8, 4) is 33.3 Å². The van der Waals surface area contributed by atoms with Gasteiger partial charge in [-0.05, 0) is 86.1 Å². The van der Waals surface area contributed by atoms with E-state index in [4.69, 9.17) is 14.0 Å². The first-order valence-corrected chi connectivity index (χ1v) is 26.3. The fraction of sp³-hybridized carbons (Fsp3) is 0.547. The van der Waals surface area contributed by atoms with E-state index in [1.54, 1.807) is 24.5 Å². The van der Waals surface area contributed by atoms with E-state index in [1.807, 2.05) is 109 Å². The third-order valence-electron chi connectivity index (χ3n) is 13.8. The van der Waals surface area contributed by atoms with Crippen molar-refractivity contribution in [3.05, 3.63) is 83.2 Å². The summed E-state index contributed by atoms with van der Waals surface area (Å²) < 4.78 is 17.4. The summed E-state index contributed by atoms with van der Waals surface area (Å²) in [7, 11) is 1.68. The fourth-order valence-electron chi connectivity index (χ4n) is 10.1. The van der Waals surface area contributed by atoms with Crippen molar-refractivity contribution in [3.63, 3.8) is 0 Å². The minimum atomic E-state index is -0.814. The van der Waals surface area contributed by atoms with E-state index in [1.165, 1.54) is 4.90 Å². The minimum absolute atomic E-state index is 0.0676. The Bertz CT molecular complexity index is 2460. The number of rotatable bonds is 15. The molecule has 5 unspecified atom stereocenters. The number of methoxy groups -OCH3 is 1. The predicted molar refractivity (Wildman–Crippen MR) is 276 cm³/mol. The average Bonchev–Trinajstić information content (AvgIpc) is 4.15. The van der Waals surface area contributed by atoms with Crippen molar-refractivity contribution in [2.24, 2.45) is 11.8 Å². The molecule has 3 saturated heterocycles. The van der Waals surface area contributed by atoms with Crippen LogP contribution in [0.2, 0.25) is 0 Å². The Morgan fingerprint density at radius 1 is 0.957 bits per heavy atom. The maximum Gasteiger partial charge on any atom is 0.254 e. The zero-order chi connectivity index (χ0) is 49.9. The Morgan fingerprint density at radius 3 is 2.43 bits per heavy atom. The highest BCUT2D eigenvalue weighted by atomic mass is 32.1. The van der Waals surface area contributed by atoms with Crippen molar-refractivity contribution in [1.29, 1.82) is 0 Å². The number of benzene rings is 2. The van der Waals surface area contributed by atoms with Gasteiger partial charge in [0.05, 0.1) is 52.8 Å². The number of β-amino-alcohol motifs (C(OH)–C–C–N with tert-alkyl or cyclic N) is 1. The number of fused-ring (bicyclic) bond motifs is 3. The number of amides is 2. The largest absolute Gasteiger partial charge is 0.496 e. The van der Waals surface area contributed by atoms with Crippen molar-refractivity contribution in [2.75, 3.05) is 82.8 Å². The van der Waals surface area contributed by atoms with Crippen LogP contribution in [0.5, 0.6) is 11.6 Å². The number of hydrogen-bond donors (Lipinski definition) is 3. The molecule has 5 atom stereocenters. The summed E-state index contributed by atoms with van der Waals surface area (Å²) in [6.07, 6.45) is 1.63. The molecule has 9 rings (SSSR count). The van der Waals surface area contributed by atoms with Crippen molar-refractivity contribution < 1.29 is 28.7 Å². The molecular weight excluding hydrogens is 905 g/mol. The maximum atomic E-state index is 14.2. The highest BCUT2D eigenvalue weighted by molar-refractivity contribution is 7.13. The van der Waals surface area contributed by atoms with E-state index >= 15 is 0 Å². The third kappa shape index (κ3) is 12.1. The molecule has 0 spiro atoms. The monoisotopic (exact) mass is 979 g/mol.